The van der Waals surface area contributed by atoms with Crippen LogP contribution in [0.25, 0.3) is 11.1 Å². The number of fused-ring (bicyclic) bond motifs is 1. The van der Waals surface area contributed by atoms with Gasteiger partial charge in [0.1, 0.15) is 0 Å². The summed E-state index contributed by atoms with van der Waals surface area (Å²) in [4.78, 5) is 23.8. The molecule has 0 aliphatic carbocycles. The van der Waals surface area contributed by atoms with Crippen molar-refractivity contribution >= 4 is 22.7 Å². The number of nitrogens with zero attached hydrogens (tertiary/aromatic N) is 1. The summed E-state index contributed by atoms with van der Waals surface area (Å²) in [6, 6.07) is 11.1. The highest BCUT2D eigenvalue weighted by Crippen LogP contribution is 2.30. The van der Waals surface area contributed by atoms with Gasteiger partial charge in [-0.1, -0.05) is 18.2 Å². The van der Waals surface area contributed by atoms with Gasteiger partial charge in [0.05, 0.1) is 11.1 Å². The zero-order valence-corrected chi connectivity index (χ0v) is 12.8. The van der Waals surface area contributed by atoms with Crippen LogP contribution in [0.2, 0.25) is 0 Å². The minimum atomic E-state index is -4.48. The molecule has 0 unspecified atom stereocenters. The fraction of sp³-hybridized carbons (Fsp3) is 0.176. The third-order valence-corrected chi connectivity index (χ3v) is 3.61. The van der Waals surface area contributed by atoms with Crippen molar-refractivity contribution in [2.75, 3.05) is 5.32 Å². The number of hydrogen-bond acceptors (Lipinski definition) is 3. The van der Waals surface area contributed by atoms with Gasteiger partial charge in [-0.2, -0.15) is 13.2 Å². The Labute approximate surface area is 139 Å². The summed E-state index contributed by atoms with van der Waals surface area (Å²) in [5.74, 6) is -1.09. The van der Waals surface area contributed by atoms with E-state index in [1.54, 1.807) is 24.3 Å². The summed E-state index contributed by atoms with van der Waals surface area (Å²) < 4.78 is 44.4. The van der Waals surface area contributed by atoms with Crippen molar-refractivity contribution in [3.05, 3.63) is 64.6 Å². The van der Waals surface area contributed by atoms with Crippen molar-refractivity contribution in [2.24, 2.45) is 0 Å². The molecule has 8 heteroatoms. The highest BCUT2D eigenvalue weighted by atomic mass is 19.4. The summed E-state index contributed by atoms with van der Waals surface area (Å²) in [6.45, 7) is 0.0562. The standard InChI is InChI=1S/C17H13F3N2O3/c18-17(19,20)11-4-3-5-12(10-11)21-15(23)8-9-22-13-6-1-2-7-14(13)25-16(22)24/h1-7,10H,8-9H2,(H,21,23). The van der Waals surface area contributed by atoms with E-state index in [9.17, 15) is 22.8 Å². The van der Waals surface area contributed by atoms with Crippen LogP contribution in [-0.4, -0.2) is 10.5 Å². The first-order valence-corrected chi connectivity index (χ1v) is 7.40. The Morgan fingerprint density at radius 3 is 2.64 bits per heavy atom. The zero-order chi connectivity index (χ0) is 18.0. The second-order valence-corrected chi connectivity index (χ2v) is 5.36. The Morgan fingerprint density at radius 2 is 1.88 bits per heavy atom. The average Bonchev–Trinajstić information content (AvgIpc) is 2.87. The predicted molar refractivity (Wildman–Crippen MR) is 85.2 cm³/mol. The zero-order valence-electron chi connectivity index (χ0n) is 12.8. The number of alkyl halides is 3. The molecule has 1 amide bonds. The maximum atomic E-state index is 12.7. The molecule has 2 aromatic carbocycles. The fourth-order valence-electron chi connectivity index (χ4n) is 2.44. The highest BCUT2D eigenvalue weighted by molar-refractivity contribution is 5.90. The molecule has 0 saturated carbocycles. The quantitative estimate of drug-likeness (QED) is 0.781. The van der Waals surface area contributed by atoms with E-state index < -0.39 is 23.4 Å². The number of nitrogens with one attached hydrogen (secondary N) is 1. The third kappa shape index (κ3) is 3.73. The third-order valence-electron chi connectivity index (χ3n) is 3.61. The number of aryl methyl sites for hydroxylation is 1. The Morgan fingerprint density at radius 1 is 1.12 bits per heavy atom. The molecule has 0 fully saturated rings. The lowest BCUT2D eigenvalue weighted by Crippen LogP contribution is -2.20. The van der Waals surface area contributed by atoms with E-state index >= 15 is 0 Å². The monoisotopic (exact) mass is 350 g/mol. The molecule has 0 spiro atoms. The van der Waals surface area contributed by atoms with Gasteiger partial charge >= 0.3 is 11.9 Å². The summed E-state index contributed by atoms with van der Waals surface area (Å²) in [5, 5.41) is 2.40. The molecule has 0 atom stereocenters. The van der Waals surface area contributed by atoms with Crippen LogP contribution in [0.1, 0.15) is 12.0 Å². The van der Waals surface area contributed by atoms with Crippen LogP contribution in [0.3, 0.4) is 0 Å². The van der Waals surface area contributed by atoms with Crippen LogP contribution < -0.4 is 11.1 Å². The van der Waals surface area contributed by atoms with E-state index in [0.717, 1.165) is 12.1 Å². The number of oxazole rings is 1. The molecular weight excluding hydrogens is 337 g/mol. The largest absolute Gasteiger partial charge is 0.419 e. The predicted octanol–water partition coefficient (Wildman–Crippen LogP) is 3.64. The Kier molecular flexibility index (Phi) is 4.35. The van der Waals surface area contributed by atoms with Crippen LogP contribution in [0.4, 0.5) is 18.9 Å². The summed E-state index contributed by atoms with van der Waals surface area (Å²) in [7, 11) is 0. The molecule has 5 nitrogen and oxygen atoms in total. The second kappa shape index (κ2) is 6.46. The van der Waals surface area contributed by atoms with Crippen LogP contribution in [0, 0.1) is 0 Å². The van der Waals surface area contributed by atoms with Crippen molar-refractivity contribution in [1.82, 2.24) is 4.57 Å². The minimum absolute atomic E-state index is 0.0456. The maximum absolute atomic E-state index is 12.7. The molecule has 3 aromatic rings. The van der Waals surface area contributed by atoms with Gasteiger partial charge in [-0.05, 0) is 30.3 Å². The molecule has 0 radical (unpaired) electrons. The Bertz CT molecular complexity index is 973. The van der Waals surface area contributed by atoms with E-state index in [0.29, 0.717) is 11.1 Å². The number of aromatic nitrogens is 1. The van der Waals surface area contributed by atoms with Crippen molar-refractivity contribution in [2.45, 2.75) is 19.1 Å². The van der Waals surface area contributed by atoms with Crippen LogP contribution in [0.15, 0.2) is 57.7 Å². The lowest BCUT2D eigenvalue weighted by molar-refractivity contribution is -0.137. The van der Waals surface area contributed by atoms with Gasteiger partial charge < -0.3 is 9.73 Å². The Balaban J connectivity index is 1.69. The van der Waals surface area contributed by atoms with E-state index in [1.165, 1.54) is 16.7 Å². The number of rotatable bonds is 4. The molecule has 0 saturated heterocycles. The number of carbonyl (C=O) groups excluding carboxylic acids is 1. The number of para-hydroxylation sites is 2. The molecule has 3 rings (SSSR count). The lowest BCUT2D eigenvalue weighted by atomic mass is 10.2. The van der Waals surface area contributed by atoms with Crippen molar-refractivity contribution < 1.29 is 22.4 Å². The number of carbonyl (C=O) groups is 1. The number of amides is 1. The van der Waals surface area contributed by atoms with E-state index in [-0.39, 0.29) is 18.7 Å². The molecule has 25 heavy (non-hydrogen) atoms. The summed E-state index contributed by atoms with van der Waals surface area (Å²) >= 11 is 0. The molecule has 1 N–H and O–H groups in total. The molecule has 1 aromatic heterocycles. The van der Waals surface area contributed by atoms with Gasteiger partial charge in [0, 0.05) is 18.7 Å². The van der Waals surface area contributed by atoms with Gasteiger partial charge in [0.15, 0.2) is 5.58 Å². The SMILES string of the molecule is O=C(CCn1c(=O)oc2ccccc21)Nc1cccc(C(F)(F)F)c1. The second-order valence-electron chi connectivity index (χ2n) is 5.36. The van der Waals surface area contributed by atoms with Crippen LogP contribution in [-0.2, 0) is 17.5 Å². The smallest absolute Gasteiger partial charge is 0.408 e. The molecule has 0 aliphatic rings. The highest BCUT2D eigenvalue weighted by Gasteiger charge is 2.30. The van der Waals surface area contributed by atoms with Crippen molar-refractivity contribution in [1.29, 1.82) is 0 Å². The molecule has 0 aliphatic heterocycles. The number of anilines is 1. The minimum Gasteiger partial charge on any atom is -0.408 e. The first kappa shape index (κ1) is 16.8. The maximum Gasteiger partial charge on any atom is 0.419 e. The van der Waals surface area contributed by atoms with Gasteiger partial charge in [0.2, 0.25) is 5.91 Å². The molecule has 0 bridgehead atoms. The van der Waals surface area contributed by atoms with Gasteiger partial charge in [-0.15, -0.1) is 0 Å². The molecule has 130 valence electrons. The lowest BCUT2D eigenvalue weighted by Gasteiger charge is -2.10. The van der Waals surface area contributed by atoms with Gasteiger partial charge in [0.25, 0.3) is 0 Å². The van der Waals surface area contributed by atoms with Gasteiger partial charge in [-0.25, -0.2) is 4.79 Å². The summed E-state index contributed by atoms with van der Waals surface area (Å²) in [6.07, 6.45) is -4.57. The topological polar surface area (TPSA) is 64.2 Å². The number of benzene rings is 2. The number of hydrogen-bond donors (Lipinski definition) is 1. The molecule has 1 heterocycles. The average molecular weight is 350 g/mol. The first-order valence-electron chi connectivity index (χ1n) is 7.40. The van der Waals surface area contributed by atoms with Crippen LogP contribution in [0.5, 0.6) is 0 Å². The van der Waals surface area contributed by atoms with Crippen molar-refractivity contribution in [3.63, 3.8) is 0 Å². The molecular formula is C17H13F3N2O3. The Hall–Kier alpha value is -3.03. The fourth-order valence-corrected chi connectivity index (χ4v) is 2.44. The van der Waals surface area contributed by atoms with Gasteiger partial charge in [-0.3, -0.25) is 9.36 Å². The van der Waals surface area contributed by atoms with E-state index in [1.807, 2.05) is 0 Å². The number of halogens is 3. The van der Waals surface area contributed by atoms with E-state index in [2.05, 4.69) is 5.32 Å². The first-order chi connectivity index (χ1) is 11.8. The normalized spacial score (nSPS) is 11.6. The van der Waals surface area contributed by atoms with E-state index in [4.69, 9.17) is 4.42 Å². The van der Waals surface area contributed by atoms with Crippen LogP contribution >= 0.6 is 0 Å². The summed E-state index contributed by atoms with van der Waals surface area (Å²) in [5.41, 5.74) is 0.164. The van der Waals surface area contributed by atoms with Crippen molar-refractivity contribution in [3.8, 4) is 0 Å².